The van der Waals surface area contributed by atoms with Crippen LogP contribution in [-0.4, -0.2) is 18.4 Å². The smallest absolute Gasteiger partial charge is 0.119 e. The summed E-state index contributed by atoms with van der Waals surface area (Å²) < 4.78 is 11.5. The summed E-state index contributed by atoms with van der Waals surface area (Å²) in [6.45, 7) is 6.09. The minimum absolute atomic E-state index is 0.181. The Hall–Kier alpha value is -3.07. The van der Waals surface area contributed by atoms with Crippen LogP contribution < -0.4 is 9.47 Å². The topological polar surface area (TPSA) is 30.8 Å². The van der Waals surface area contributed by atoms with Gasteiger partial charge in [0.25, 0.3) is 0 Å². The Morgan fingerprint density at radius 3 is 2.31 bits per heavy atom. The quantitative estimate of drug-likeness (QED) is 0.353. The van der Waals surface area contributed by atoms with Crippen LogP contribution in [0.2, 0.25) is 0 Å². The molecule has 2 aromatic rings. The zero-order chi connectivity index (χ0) is 20.5. The van der Waals surface area contributed by atoms with Gasteiger partial charge < -0.3 is 9.47 Å². The largest absolute Gasteiger partial charge is 0.491 e. The van der Waals surface area contributed by atoms with E-state index in [2.05, 4.69) is 29.3 Å². The fourth-order valence-corrected chi connectivity index (χ4v) is 2.77. The van der Waals surface area contributed by atoms with E-state index >= 15 is 0 Å². The van der Waals surface area contributed by atoms with Crippen LogP contribution in [-0.2, 0) is 0 Å². The van der Waals surface area contributed by atoms with Gasteiger partial charge in [-0.05, 0) is 86.7 Å². The molecule has 150 valence electrons. The Morgan fingerprint density at radius 1 is 1.00 bits per heavy atom. The van der Waals surface area contributed by atoms with E-state index in [1.54, 1.807) is 12.4 Å². The van der Waals surface area contributed by atoms with Gasteiger partial charge in [-0.3, -0.25) is 4.99 Å². The molecule has 0 unspecified atom stereocenters. The third-order valence-electron chi connectivity index (χ3n) is 4.38. The first-order valence-electron chi connectivity index (χ1n) is 10.2. The molecule has 1 aliphatic rings. The lowest BCUT2D eigenvalue weighted by molar-refractivity contribution is 0.242. The second-order valence-corrected chi connectivity index (χ2v) is 7.29. The first-order valence-corrected chi connectivity index (χ1v) is 10.2. The van der Waals surface area contributed by atoms with Crippen molar-refractivity contribution in [3.8, 4) is 11.5 Å². The van der Waals surface area contributed by atoms with Gasteiger partial charge in [-0.1, -0.05) is 36.4 Å². The first kappa shape index (κ1) is 20.7. The highest BCUT2D eigenvalue weighted by molar-refractivity contribution is 5.81. The summed E-state index contributed by atoms with van der Waals surface area (Å²) in [4.78, 5) is 4.32. The monoisotopic (exact) mass is 387 g/mol. The molecule has 0 aliphatic heterocycles. The van der Waals surface area contributed by atoms with E-state index in [0.29, 0.717) is 6.10 Å². The average molecular weight is 388 g/mol. The highest BCUT2D eigenvalue weighted by atomic mass is 16.5. The van der Waals surface area contributed by atoms with Crippen molar-refractivity contribution in [2.45, 2.75) is 45.8 Å². The maximum absolute atomic E-state index is 5.76. The van der Waals surface area contributed by atoms with E-state index in [1.807, 2.05) is 69.3 Å². The normalized spacial score (nSPS) is 15.1. The van der Waals surface area contributed by atoms with E-state index in [0.717, 1.165) is 28.2 Å². The molecule has 3 rings (SSSR count). The average Bonchev–Trinajstić information content (AvgIpc) is 3.53. The fourth-order valence-electron chi connectivity index (χ4n) is 2.77. The summed E-state index contributed by atoms with van der Waals surface area (Å²) in [5.74, 6) is 1.83. The third-order valence-corrected chi connectivity index (χ3v) is 4.38. The maximum atomic E-state index is 5.76. The molecule has 1 saturated carbocycles. The molecule has 0 heterocycles. The molecule has 2 aromatic carbocycles. The number of rotatable bonds is 9. The predicted octanol–water partition coefficient (Wildman–Crippen LogP) is 6.72. The van der Waals surface area contributed by atoms with Crippen molar-refractivity contribution in [1.29, 1.82) is 0 Å². The van der Waals surface area contributed by atoms with Crippen molar-refractivity contribution in [2.24, 2.45) is 4.99 Å². The zero-order valence-electron chi connectivity index (χ0n) is 17.4. The molecule has 0 radical (unpaired) electrons. The Kier molecular flexibility index (Phi) is 7.46. The summed E-state index contributed by atoms with van der Waals surface area (Å²) >= 11 is 0. The Balaban J connectivity index is 1.50. The molecule has 3 nitrogen and oxygen atoms in total. The van der Waals surface area contributed by atoms with E-state index in [1.165, 1.54) is 12.8 Å². The van der Waals surface area contributed by atoms with Gasteiger partial charge in [-0.25, -0.2) is 0 Å². The van der Waals surface area contributed by atoms with Gasteiger partial charge in [0, 0.05) is 12.4 Å². The van der Waals surface area contributed by atoms with Gasteiger partial charge in [-0.2, -0.15) is 0 Å². The van der Waals surface area contributed by atoms with Gasteiger partial charge in [0.05, 0.1) is 12.2 Å². The van der Waals surface area contributed by atoms with Crippen LogP contribution in [0.1, 0.15) is 44.7 Å². The lowest BCUT2D eigenvalue weighted by atomic mass is 10.1. The minimum atomic E-state index is 0.181. The highest BCUT2D eigenvalue weighted by Gasteiger charge is 2.23. The Bertz CT molecular complexity index is 883. The molecule has 0 N–H and O–H groups in total. The number of allylic oxidation sites excluding steroid dienone is 4. The highest BCUT2D eigenvalue weighted by Crippen LogP contribution is 2.26. The van der Waals surface area contributed by atoms with Crippen LogP contribution in [0.25, 0.3) is 11.6 Å². The molecule has 0 atom stereocenters. The van der Waals surface area contributed by atoms with Gasteiger partial charge in [-0.15, -0.1) is 0 Å². The number of benzene rings is 2. The number of nitrogens with zero attached hydrogens (tertiary/aromatic N) is 1. The summed E-state index contributed by atoms with van der Waals surface area (Å²) in [7, 11) is 0. The first-order chi connectivity index (χ1) is 14.1. The van der Waals surface area contributed by atoms with E-state index in [4.69, 9.17) is 9.47 Å². The lowest BCUT2D eigenvalue weighted by Crippen LogP contribution is -2.05. The summed E-state index contributed by atoms with van der Waals surface area (Å²) in [6.07, 6.45) is 14.6. The van der Waals surface area contributed by atoms with Crippen LogP contribution in [0.4, 0.5) is 0 Å². The van der Waals surface area contributed by atoms with Crippen molar-refractivity contribution in [3.63, 3.8) is 0 Å². The van der Waals surface area contributed by atoms with Gasteiger partial charge in [0.2, 0.25) is 0 Å². The number of aliphatic imine (C=N–C) groups is 1. The fraction of sp³-hybridized carbons (Fsp3) is 0.269. The van der Waals surface area contributed by atoms with Crippen molar-refractivity contribution in [2.75, 3.05) is 0 Å². The van der Waals surface area contributed by atoms with Crippen LogP contribution in [0.15, 0.2) is 78.0 Å². The van der Waals surface area contributed by atoms with Crippen molar-refractivity contribution >= 4 is 17.9 Å². The molecule has 3 heteroatoms. The second-order valence-electron chi connectivity index (χ2n) is 7.29. The standard InChI is InChI=1S/C26H29NO2/c1-4-22(23-9-13-24(14-10-23)28-20(2)3)6-5-18-27-19-17-21-7-11-25(12-8-21)29-26-15-16-26/h4-14,17-20,26H,15-16H2,1-3H3/b6-5-,19-17+,22-4+,27-18+. The molecule has 0 saturated heterocycles. The second kappa shape index (κ2) is 10.5. The van der Waals surface area contributed by atoms with Crippen LogP contribution in [0.3, 0.4) is 0 Å². The minimum Gasteiger partial charge on any atom is -0.491 e. The molecular weight excluding hydrogens is 358 g/mol. The molecule has 0 amide bonds. The van der Waals surface area contributed by atoms with E-state index in [9.17, 15) is 0 Å². The van der Waals surface area contributed by atoms with Gasteiger partial charge >= 0.3 is 0 Å². The number of hydrogen-bond donors (Lipinski definition) is 0. The lowest BCUT2D eigenvalue weighted by Gasteiger charge is -2.10. The number of hydrogen-bond acceptors (Lipinski definition) is 3. The van der Waals surface area contributed by atoms with Crippen LogP contribution >= 0.6 is 0 Å². The van der Waals surface area contributed by atoms with Crippen molar-refractivity contribution in [3.05, 3.63) is 84.1 Å². The predicted molar refractivity (Wildman–Crippen MR) is 123 cm³/mol. The Labute approximate surface area is 174 Å². The molecule has 1 aliphatic carbocycles. The molecule has 29 heavy (non-hydrogen) atoms. The SMILES string of the molecule is C\C=C(/C=C\C=N\C=C\c1ccc(OC2CC2)cc1)c1ccc(OC(C)C)cc1. The molecule has 0 aromatic heterocycles. The summed E-state index contributed by atoms with van der Waals surface area (Å²) in [6, 6.07) is 16.3. The third kappa shape index (κ3) is 7.11. The molecule has 0 spiro atoms. The summed E-state index contributed by atoms with van der Waals surface area (Å²) in [5.41, 5.74) is 3.40. The molecule has 1 fully saturated rings. The molecular formula is C26H29NO2. The molecule has 0 bridgehead atoms. The van der Waals surface area contributed by atoms with E-state index in [-0.39, 0.29) is 6.10 Å². The van der Waals surface area contributed by atoms with Crippen LogP contribution in [0.5, 0.6) is 11.5 Å². The van der Waals surface area contributed by atoms with E-state index < -0.39 is 0 Å². The van der Waals surface area contributed by atoms with Gasteiger partial charge in [0.1, 0.15) is 11.5 Å². The Morgan fingerprint density at radius 2 is 1.69 bits per heavy atom. The zero-order valence-corrected chi connectivity index (χ0v) is 17.4. The number of ether oxygens (including phenoxy) is 2. The van der Waals surface area contributed by atoms with Crippen molar-refractivity contribution in [1.82, 2.24) is 0 Å². The maximum Gasteiger partial charge on any atom is 0.119 e. The van der Waals surface area contributed by atoms with Crippen LogP contribution in [0, 0.1) is 0 Å². The van der Waals surface area contributed by atoms with Gasteiger partial charge in [0.15, 0.2) is 0 Å². The van der Waals surface area contributed by atoms with Crippen molar-refractivity contribution < 1.29 is 9.47 Å². The summed E-state index contributed by atoms with van der Waals surface area (Å²) in [5, 5.41) is 0.